The van der Waals surface area contributed by atoms with Gasteiger partial charge in [-0.15, -0.1) is 0 Å². The molecule has 1 aromatic heterocycles. The summed E-state index contributed by atoms with van der Waals surface area (Å²) in [7, 11) is 0. The van der Waals surface area contributed by atoms with E-state index >= 15 is 0 Å². The van der Waals surface area contributed by atoms with Gasteiger partial charge in [-0.3, -0.25) is 9.78 Å². The van der Waals surface area contributed by atoms with E-state index < -0.39 is 0 Å². The van der Waals surface area contributed by atoms with Gasteiger partial charge in [0.05, 0.1) is 11.3 Å². The number of amides is 1. The molecule has 0 radical (unpaired) electrons. The van der Waals surface area contributed by atoms with Crippen LogP contribution in [0.1, 0.15) is 35.7 Å². The van der Waals surface area contributed by atoms with Gasteiger partial charge in [-0.1, -0.05) is 37.1 Å². The van der Waals surface area contributed by atoms with Crippen LogP contribution < -0.4 is 10.6 Å². The average molecular weight is 318 g/mol. The first-order valence-electron chi connectivity index (χ1n) is 7.40. The van der Waals surface area contributed by atoms with E-state index in [1.807, 2.05) is 30.3 Å². The number of unbranched alkanes of at least 4 members (excludes halogenated alkanes) is 1. The molecule has 0 bridgehead atoms. The van der Waals surface area contributed by atoms with Crippen LogP contribution in [-0.4, -0.2) is 17.4 Å². The molecule has 0 spiro atoms. The number of pyridine rings is 1. The number of hydrogen-bond donors (Lipinski definition) is 2. The van der Waals surface area contributed by atoms with Gasteiger partial charge < -0.3 is 10.6 Å². The SMILES string of the molecule is CCCCNC(=O)c1cncc(NCc2ccc(Cl)cc2)c1. The summed E-state index contributed by atoms with van der Waals surface area (Å²) in [6, 6.07) is 9.45. The highest BCUT2D eigenvalue weighted by atomic mass is 35.5. The van der Waals surface area contributed by atoms with E-state index in [-0.39, 0.29) is 5.91 Å². The smallest absolute Gasteiger partial charge is 0.252 e. The molecule has 0 atom stereocenters. The third kappa shape index (κ3) is 5.04. The van der Waals surface area contributed by atoms with Crippen LogP contribution in [0.5, 0.6) is 0 Å². The molecule has 1 heterocycles. The van der Waals surface area contributed by atoms with Crippen LogP contribution in [0.4, 0.5) is 5.69 Å². The number of benzene rings is 1. The lowest BCUT2D eigenvalue weighted by molar-refractivity contribution is 0.0953. The molecule has 0 saturated heterocycles. The zero-order valence-electron chi connectivity index (χ0n) is 12.6. The van der Waals surface area contributed by atoms with Gasteiger partial charge in [-0.2, -0.15) is 0 Å². The number of carbonyl (C=O) groups is 1. The Balaban J connectivity index is 1.93. The molecule has 2 N–H and O–H groups in total. The van der Waals surface area contributed by atoms with Crippen molar-refractivity contribution < 1.29 is 4.79 Å². The summed E-state index contributed by atoms with van der Waals surface area (Å²) in [6.45, 7) is 3.44. The van der Waals surface area contributed by atoms with E-state index in [1.165, 1.54) is 0 Å². The molecule has 0 aliphatic heterocycles. The summed E-state index contributed by atoms with van der Waals surface area (Å²) >= 11 is 5.86. The summed E-state index contributed by atoms with van der Waals surface area (Å²) in [6.07, 6.45) is 5.32. The van der Waals surface area contributed by atoms with Crippen molar-refractivity contribution in [3.05, 3.63) is 58.9 Å². The van der Waals surface area contributed by atoms with Crippen LogP contribution in [0.2, 0.25) is 5.02 Å². The first-order valence-corrected chi connectivity index (χ1v) is 7.78. The monoisotopic (exact) mass is 317 g/mol. The summed E-state index contributed by atoms with van der Waals surface area (Å²) in [4.78, 5) is 16.1. The lowest BCUT2D eigenvalue weighted by Gasteiger charge is -2.08. The third-order valence-corrected chi connectivity index (χ3v) is 3.48. The maximum absolute atomic E-state index is 12.0. The fraction of sp³-hybridized carbons (Fsp3) is 0.294. The molecule has 22 heavy (non-hydrogen) atoms. The van der Waals surface area contributed by atoms with Crippen LogP contribution in [0.3, 0.4) is 0 Å². The Morgan fingerprint density at radius 2 is 2.00 bits per heavy atom. The van der Waals surface area contributed by atoms with Crippen LogP contribution in [0.25, 0.3) is 0 Å². The van der Waals surface area contributed by atoms with Crippen LogP contribution in [-0.2, 0) is 6.54 Å². The second-order valence-electron chi connectivity index (χ2n) is 5.05. The molecular weight excluding hydrogens is 298 g/mol. The molecule has 1 aromatic carbocycles. The van der Waals surface area contributed by atoms with Crippen LogP contribution >= 0.6 is 11.6 Å². The van der Waals surface area contributed by atoms with Crippen LogP contribution in [0.15, 0.2) is 42.7 Å². The fourth-order valence-electron chi connectivity index (χ4n) is 1.95. The number of nitrogens with zero attached hydrogens (tertiary/aromatic N) is 1. The van der Waals surface area contributed by atoms with E-state index in [4.69, 9.17) is 11.6 Å². The Morgan fingerprint density at radius 1 is 1.23 bits per heavy atom. The summed E-state index contributed by atoms with van der Waals surface area (Å²) in [5.41, 5.74) is 2.50. The van der Waals surface area contributed by atoms with Crippen LogP contribution in [0, 0.1) is 0 Å². The highest BCUT2D eigenvalue weighted by Crippen LogP contribution is 2.13. The van der Waals surface area contributed by atoms with Gasteiger partial charge in [0.25, 0.3) is 5.91 Å². The molecule has 2 rings (SSSR count). The molecule has 0 unspecified atom stereocenters. The van der Waals surface area contributed by atoms with Crippen molar-refractivity contribution in [1.82, 2.24) is 10.3 Å². The zero-order chi connectivity index (χ0) is 15.8. The number of carbonyl (C=O) groups excluding carboxylic acids is 1. The third-order valence-electron chi connectivity index (χ3n) is 3.23. The molecule has 116 valence electrons. The van der Waals surface area contributed by atoms with Gasteiger partial charge >= 0.3 is 0 Å². The Bertz CT molecular complexity index is 614. The van der Waals surface area contributed by atoms with Gasteiger partial charge in [0, 0.05) is 30.5 Å². The average Bonchev–Trinajstić information content (AvgIpc) is 2.55. The van der Waals surface area contributed by atoms with Gasteiger partial charge in [-0.25, -0.2) is 0 Å². The van der Waals surface area contributed by atoms with Crippen molar-refractivity contribution >= 4 is 23.2 Å². The lowest BCUT2D eigenvalue weighted by atomic mass is 10.2. The number of aromatic nitrogens is 1. The van der Waals surface area contributed by atoms with Crippen molar-refractivity contribution in [2.75, 3.05) is 11.9 Å². The second-order valence-corrected chi connectivity index (χ2v) is 5.49. The van der Waals surface area contributed by atoms with Crippen molar-refractivity contribution in [2.24, 2.45) is 0 Å². The van der Waals surface area contributed by atoms with Crippen molar-refractivity contribution in [2.45, 2.75) is 26.3 Å². The van der Waals surface area contributed by atoms with Crippen molar-refractivity contribution in [3.63, 3.8) is 0 Å². The minimum absolute atomic E-state index is 0.0870. The number of nitrogens with one attached hydrogen (secondary N) is 2. The number of anilines is 1. The van der Waals surface area contributed by atoms with Gasteiger partial charge in [-0.05, 0) is 30.2 Å². The van der Waals surface area contributed by atoms with E-state index in [1.54, 1.807) is 12.4 Å². The van der Waals surface area contributed by atoms with Crippen molar-refractivity contribution in [1.29, 1.82) is 0 Å². The molecule has 5 heteroatoms. The maximum Gasteiger partial charge on any atom is 0.252 e. The van der Waals surface area contributed by atoms with E-state index in [9.17, 15) is 4.79 Å². The molecule has 1 amide bonds. The molecule has 2 aromatic rings. The molecule has 0 fully saturated rings. The predicted molar refractivity (Wildman–Crippen MR) is 90.3 cm³/mol. The Kier molecular flexibility index (Phi) is 6.22. The number of halogens is 1. The topological polar surface area (TPSA) is 54.0 Å². The minimum atomic E-state index is -0.0870. The van der Waals surface area contributed by atoms with Gasteiger partial charge in [0.2, 0.25) is 0 Å². The fourth-order valence-corrected chi connectivity index (χ4v) is 2.07. The Morgan fingerprint density at radius 3 is 2.73 bits per heavy atom. The number of hydrogen-bond acceptors (Lipinski definition) is 3. The Labute approximate surface area is 135 Å². The van der Waals surface area contributed by atoms with Gasteiger partial charge in [0.1, 0.15) is 0 Å². The lowest BCUT2D eigenvalue weighted by Crippen LogP contribution is -2.24. The summed E-state index contributed by atoms with van der Waals surface area (Å²) in [5.74, 6) is -0.0870. The van der Waals surface area contributed by atoms with E-state index in [0.717, 1.165) is 29.1 Å². The molecule has 0 saturated carbocycles. The quantitative estimate of drug-likeness (QED) is 0.762. The van der Waals surface area contributed by atoms with E-state index in [2.05, 4.69) is 22.5 Å². The van der Waals surface area contributed by atoms with Crippen molar-refractivity contribution in [3.8, 4) is 0 Å². The second kappa shape index (κ2) is 8.39. The first-order chi connectivity index (χ1) is 10.7. The largest absolute Gasteiger partial charge is 0.380 e. The molecular formula is C17H20ClN3O. The maximum atomic E-state index is 12.0. The van der Waals surface area contributed by atoms with Gasteiger partial charge in [0.15, 0.2) is 0 Å². The number of rotatable bonds is 7. The zero-order valence-corrected chi connectivity index (χ0v) is 13.4. The first kappa shape index (κ1) is 16.3. The molecule has 4 nitrogen and oxygen atoms in total. The predicted octanol–water partition coefficient (Wildman–Crippen LogP) is 3.88. The van der Waals surface area contributed by atoms with E-state index in [0.29, 0.717) is 18.7 Å². The normalized spacial score (nSPS) is 10.3. The standard InChI is InChI=1S/C17H20ClN3O/c1-2-3-8-20-17(22)14-9-16(12-19-11-14)21-10-13-4-6-15(18)7-5-13/h4-7,9,11-12,21H,2-3,8,10H2,1H3,(H,20,22). The summed E-state index contributed by atoms with van der Waals surface area (Å²) in [5, 5.41) is 6.86. The molecule has 0 aliphatic rings. The highest BCUT2D eigenvalue weighted by molar-refractivity contribution is 6.30. The summed E-state index contributed by atoms with van der Waals surface area (Å²) < 4.78 is 0. The Hall–Kier alpha value is -2.07. The highest BCUT2D eigenvalue weighted by Gasteiger charge is 2.06. The minimum Gasteiger partial charge on any atom is -0.380 e. The molecule has 0 aliphatic carbocycles.